The Morgan fingerprint density at radius 3 is 0.952 bits per heavy atom. The number of hydrogen-bond donors (Lipinski definition) is 0. The average molecular weight is 1080 g/mol. The van der Waals surface area contributed by atoms with Crippen molar-refractivity contribution in [2.75, 3.05) is 0 Å². The van der Waals surface area contributed by atoms with Gasteiger partial charge in [-0.2, -0.15) is 15.0 Å². The molecule has 388 valence electrons. The van der Waals surface area contributed by atoms with Gasteiger partial charge in [-0.1, -0.05) is 249 Å². The van der Waals surface area contributed by atoms with Crippen molar-refractivity contribution in [1.29, 1.82) is 0 Å². The highest BCUT2D eigenvalue weighted by Gasteiger charge is 2.41. The molecule has 0 amide bonds. The summed E-state index contributed by atoms with van der Waals surface area (Å²) < 4.78 is 9.44. The summed E-state index contributed by atoms with van der Waals surface area (Å²) in [4.78, 5) is 16.9. The molecule has 7 nitrogen and oxygen atoms in total. The monoisotopic (exact) mass is 1080 g/mol. The molecule has 5 aromatic heterocycles. The molecule has 8 heteroatoms. The van der Waals surface area contributed by atoms with Crippen LogP contribution in [-0.4, -0.2) is 41.3 Å². The molecule has 0 radical (unpaired) electrons. The van der Waals surface area contributed by atoms with Gasteiger partial charge in [0.25, 0.3) is 0 Å². The van der Waals surface area contributed by atoms with Gasteiger partial charge in [0.05, 0.1) is 55.5 Å². The third kappa shape index (κ3) is 6.94. The lowest BCUT2D eigenvalue weighted by molar-refractivity contribution is 0.891. The molecule has 0 saturated heterocycles. The van der Waals surface area contributed by atoms with Crippen LogP contribution in [0.5, 0.6) is 0 Å². The quantitative estimate of drug-likeness (QED) is 0.107. The van der Waals surface area contributed by atoms with E-state index in [9.17, 15) is 0 Å². The molecule has 0 aliphatic heterocycles. The van der Waals surface area contributed by atoms with Crippen LogP contribution in [0.2, 0.25) is 0 Å². The molecule has 17 aromatic rings. The fourth-order valence-electron chi connectivity index (χ4n) is 13.8. The first-order valence-electron chi connectivity index (χ1n) is 28.3. The summed E-state index contributed by atoms with van der Waals surface area (Å²) >= 11 is 0. The van der Waals surface area contributed by atoms with E-state index in [-0.39, 0.29) is 0 Å². The number of fused-ring (bicyclic) bond motifs is 12. The van der Waals surface area contributed by atoms with Gasteiger partial charge < -0.3 is 9.13 Å². The summed E-state index contributed by atoms with van der Waals surface area (Å²) in [6.07, 6.45) is 0. The maximum absolute atomic E-state index is 5.69. The van der Waals surface area contributed by atoms with E-state index >= 15 is 0 Å². The van der Waals surface area contributed by atoms with Gasteiger partial charge >= 0.3 is 0 Å². The minimum atomic E-state index is -2.84. The van der Waals surface area contributed by atoms with Crippen LogP contribution in [0.3, 0.4) is 0 Å². The number of aromatic nitrogens is 7. The second kappa shape index (κ2) is 18.6. The molecular formula is C75H49N7Si. The van der Waals surface area contributed by atoms with Crippen molar-refractivity contribution in [3.63, 3.8) is 0 Å². The normalized spacial score (nSPS) is 12.1. The smallest absolute Gasteiger partial charge is 0.240 e. The molecule has 0 N–H and O–H groups in total. The van der Waals surface area contributed by atoms with Crippen LogP contribution in [-0.2, 0) is 0 Å². The fourth-order valence-corrected chi connectivity index (χ4v) is 18.5. The van der Waals surface area contributed by atoms with Crippen molar-refractivity contribution in [1.82, 2.24) is 33.2 Å². The van der Waals surface area contributed by atoms with Crippen molar-refractivity contribution in [2.45, 2.75) is 0 Å². The summed E-state index contributed by atoms with van der Waals surface area (Å²) in [7, 11) is -2.84. The number of rotatable bonds is 9. The Bertz CT molecular complexity index is 5180. The van der Waals surface area contributed by atoms with Gasteiger partial charge in [0.15, 0.2) is 13.9 Å². The van der Waals surface area contributed by atoms with Gasteiger partial charge in [-0.3, -0.25) is 9.13 Å². The van der Waals surface area contributed by atoms with Gasteiger partial charge in [0.1, 0.15) is 0 Å². The first kappa shape index (κ1) is 46.9. The predicted molar refractivity (Wildman–Crippen MR) is 346 cm³/mol. The topological polar surface area (TPSA) is 58.4 Å². The summed E-state index contributed by atoms with van der Waals surface area (Å²) in [6, 6.07) is 108. The van der Waals surface area contributed by atoms with Crippen LogP contribution in [0.1, 0.15) is 0 Å². The van der Waals surface area contributed by atoms with Crippen LogP contribution in [0, 0.1) is 0 Å². The number of para-hydroxylation sites is 8. The van der Waals surface area contributed by atoms with E-state index in [1.807, 2.05) is 0 Å². The molecule has 17 rings (SSSR count). The molecule has 5 heterocycles. The maximum atomic E-state index is 5.69. The number of nitrogens with zero attached hydrogens (tertiary/aromatic N) is 7. The van der Waals surface area contributed by atoms with E-state index in [1.54, 1.807) is 0 Å². The SMILES string of the molecule is c1ccc([Si](c2ccccc2)(c2ccccc2)c2ccc(-c3nc(-n4c5ccccc5c5ccccc54)nc(-n4c5ccccc5c5cccc(-n6c7ccccc7c7cccc(-n8c9ccccc9c9ccccc98)c76)c54)n3)cc2)cc1. The van der Waals surface area contributed by atoms with Gasteiger partial charge in [0, 0.05) is 48.7 Å². The number of hydrogen-bond acceptors (Lipinski definition) is 3. The van der Waals surface area contributed by atoms with Crippen molar-refractivity contribution >= 4 is 116 Å². The minimum Gasteiger partial charge on any atom is -0.307 e. The molecule has 0 aliphatic carbocycles. The minimum absolute atomic E-state index is 0.513. The van der Waals surface area contributed by atoms with Crippen LogP contribution < -0.4 is 20.7 Å². The molecule has 0 atom stereocenters. The van der Waals surface area contributed by atoms with Gasteiger partial charge in [-0.05, 0) is 69.3 Å². The van der Waals surface area contributed by atoms with E-state index in [1.165, 1.54) is 36.9 Å². The molecule has 0 bridgehead atoms. The standard InChI is InChI=1S/C75H49N7Si/c1-4-24-51(25-5-1)83(52-26-6-2-7-27-52,53-28-8-3-9-29-53)54-48-46-50(47-49-54)73-76-74(81-66-41-19-12-32-57(66)58-33-13-20-42-67(58)81)78-75(77-73)82-68-43-21-15-35-60(68)62-37-23-45-70(72(62)82)80-65-40-18-14-34-59(65)61-36-22-44-69(71(61)80)79-63-38-16-10-30-55(63)56-31-11-17-39-64(56)79/h1-49H. The summed E-state index contributed by atoms with van der Waals surface area (Å²) in [5.41, 5.74) is 11.5. The summed E-state index contributed by atoms with van der Waals surface area (Å²) in [5, 5.41) is 14.4. The van der Waals surface area contributed by atoms with Crippen LogP contribution in [0.25, 0.3) is 122 Å². The lowest BCUT2D eigenvalue weighted by atomic mass is 10.1. The molecule has 0 saturated carbocycles. The van der Waals surface area contributed by atoms with Crippen molar-refractivity contribution < 1.29 is 0 Å². The molecule has 0 spiro atoms. The molecule has 0 aliphatic rings. The van der Waals surface area contributed by atoms with E-state index in [4.69, 9.17) is 15.0 Å². The van der Waals surface area contributed by atoms with E-state index in [0.717, 1.165) is 88.0 Å². The zero-order chi connectivity index (χ0) is 54.6. The highest BCUT2D eigenvalue weighted by atomic mass is 28.3. The maximum Gasteiger partial charge on any atom is 0.240 e. The van der Waals surface area contributed by atoms with E-state index in [2.05, 4.69) is 316 Å². The van der Waals surface area contributed by atoms with Crippen LogP contribution >= 0.6 is 0 Å². The Morgan fingerprint density at radius 1 is 0.217 bits per heavy atom. The van der Waals surface area contributed by atoms with Crippen molar-refractivity contribution in [3.8, 4) is 34.7 Å². The Kier molecular flexibility index (Phi) is 10.5. The Hall–Kier alpha value is -10.9. The zero-order valence-electron chi connectivity index (χ0n) is 44.9. The largest absolute Gasteiger partial charge is 0.307 e. The van der Waals surface area contributed by atoms with E-state index in [0.29, 0.717) is 17.7 Å². The van der Waals surface area contributed by atoms with Gasteiger partial charge in [-0.15, -0.1) is 0 Å². The molecule has 12 aromatic carbocycles. The second-order valence-corrected chi connectivity index (χ2v) is 25.3. The third-order valence-corrected chi connectivity index (χ3v) is 22.0. The van der Waals surface area contributed by atoms with Crippen molar-refractivity contribution in [3.05, 3.63) is 297 Å². The predicted octanol–water partition coefficient (Wildman–Crippen LogP) is 15.3. The highest BCUT2D eigenvalue weighted by Crippen LogP contribution is 2.43. The Labute approximate surface area is 478 Å². The van der Waals surface area contributed by atoms with E-state index < -0.39 is 8.07 Å². The third-order valence-electron chi connectivity index (χ3n) is 17.2. The van der Waals surface area contributed by atoms with Gasteiger partial charge in [-0.25, -0.2) is 0 Å². The summed E-state index contributed by atoms with van der Waals surface area (Å²) in [5.74, 6) is 1.61. The molecule has 83 heavy (non-hydrogen) atoms. The van der Waals surface area contributed by atoms with Gasteiger partial charge in [0.2, 0.25) is 11.9 Å². The first-order chi connectivity index (χ1) is 41.2. The lowest BCUT2D eigenvalue weighted by Crippen LogP contribution is -2.74. The van der Waals surface area contributed by atoms with Crippen molar-refractivity contribution in [2.24, 2.45) is 0 Å². The average Bonchev–Trinajstić information content (AvgIpc) is 2.04. The number of benzene rings is 12. The lowest BCUT2D eigenvalue weighted by Gasteiger charge is -2.34. The fraction of sp³-hybridized carbons (Fsp3) is 0. The zero-order valence-corrected chi connectivity index (χ0v) is 45.9. The first-order valence-corrected chi connectivity index (χ1v) is 30.3. The molecular weight excluding hydrogens is 1030 g/mol. The molecule has 0 fully saturated rings. The second-order valence-electron chi connectivity index (χ2n) is 21.5. The Morgan fingerprint density at radius 2 is 0.518 bits per heavy atom. The summed E-state index contributed by atoms with van der Waals surface area (Å²) in [6.45, 7) is 0. The van der Waals surface area contributed by atoms with Crippen LogP contribution in [0.15, 0.2) is 297 Å². The van der Waals surface area contributed by atoms with Crippen LogP contribution in [0.4, 0.5) is 0 Å². The highest BCUT2D eigenvalue weighted by molar-refractivity contribution is 7.19. The molecule has 0 unspecified atom stereocenters. The Balaban J connectivity index is 0.956.